The van der Waals surface area contributed by atoms with Gasteiger partial charge < -0.3 is 14.7 Å². The summed E-state index contributed by atoms with van der Waals surface area (Å²) in [5, 5.41) is 7.10. The second-order valence-corrected chi connectivity index (χ2v) is 3.91. The Labute approximate surface area is 75.8 Å². The van der Waals surface area contributed by atoms with Crippen molar-refractivity contribution >= 4 is 22.2 Å². The maximum atomic E-state index is 10.3. The lowest BCUT2D eigenvalue weighted by Crippen LogP contribution is -2.36. The van der Waals surface area contributed by atoms with Gasteiger partial charge >= 0.3 is 8.25 Å². The Hall–Kier alpha value is -0.390. The van der Waals surface area contributed by atoms with Crippen LogP contribution in [-0.4, -0.2) is 34.0 Å². The highest BCUT2D eigenvalue weighted by atomic mass is 31.1. The maximum absolute atomic E-state index is 10.3. The fourth-order valence-electron chi connectivity index (χ4n) is 0.452. The van der Waals surface area contributed by atoms with Gasteiger partial charge in [0.2, 0.25) is 14.0 Å². The van der Waals surface area contributed by atoms with Crippen LogP contribution in [0.1, 0.15) is 0 Å². The van der Waals surface area contributed by atoms with Crippen LogP contribution in [0.5, 0.6) is 0 Å². The average molecular weight is 231 g/mol. The van der Waals surface area contributed by atoms with E-state index in [1.165, 1.54) is 7.05 Å². The number of hydroxylamine groups is 1. The summed E-state index contributed by atoms with van der Waals surface area (Å²) in [7, 11) is -4.49. The predicted molar refractivity (Wildman–Crippen MR) is 47.0 cm³/mol. The monoisotopic (exact) mass is 231 g/mol. The van der Waals surface area contributed by atoms with Gasteiger partial charge in [0, 0.05) is 7.05 Å². The van der Waals surface area contributed by atoms with Crippen molar-refractivity contribution in [3.63, 3.8) is 0 Å². The minimum absolute atomic E-state index is 0.216. The number of guanidine groups is 1. The van der Waals surface area contributed by atoms with Gasteiger partial charge in [0.25, 0.3) is 0 Å². The van der Waals surface area contributed by atoms with Crippen LogP contribution in [0.4, 0.5) is 0 Å². The molecule has 0 heterocycles. The van der Waals surface area contributed by atoms with Gasteiger partial charge in [0.1, 0.15) is 0 Å². The molecule has 4 N–H and O–H groups in total. The molecule has 0 amide bonds. The number of rotatable bonds is 4. The van der Waals surface area contributed by atoms with Gasteiger partial charge in [-0.15, -0.1) is 0 Å². The summed E-state index contributed by atoms with van der Waals surface area (Å²) in [6.45, 7) is 0. The van der Waals surface area contributed by atoms with E-state index in [1.54, 1.807) is 0 Å². The zero-order valence-electron chi connectivity index (χ0n) is 6.77. The first-order valence-electron chi connectivity index (χ1n) is 3.10. The van der Waals surface area contributed by atoms with Crippen LogP contribution in [-0.2, 0) is 13.8 Å². The maximum Gasteiger partial charge on any atom is 0.337 e. The van der Waals surface area contributed by atoms with Crippen LogP contribution in [0.15, 0.2) is 0 Å². The Bertz CT molecular complexity index is 233. The van der Waals surface area contributed by atoms with Crippen LogP contribution in [0.3, 0.4) is 0 Å². The second-order valence-electron chi connectivity index (χ2n) is 2.07. The lowest BCUT2D eigenvalue weighted by atomic mass is 10.8. The molecular weight excluding hydrogens is 220 g/mol. The van der Waals surface area contributed by atoms with E-state index in [9.17, 15) is 9.13 Å². The van der Waals surface area contributed by atoms with E-state index in [1.807, 2.05) is 5.48 Å². The molecule has 2 atom stereocenters. The van der Waals surface area contributed by atoms with E-state index in [-0.39, 0.29) is 12.2 Å². The minimum atomic E-state index is -3.15. The van der Waals surface area contributed by atoms with Gasteiger partial charge in [-0.3, -0.25) is 14.5 Å². The molecule has 0 rings (SSSR count). The Balaban J connectivity index is 3.82. The molecule has 0 aliphatic rings. The molecule has 13 heavy (non-hydrogen) atoms. The molecule has 0 aromatic carbocycles. The molecule has 0 aliphatic heterocycles. The summed E-state index contributed by atoms with van der Waals surface area (Å²) in [4.78, 5) is 17.8. The molecule has 0 bridgehead atoms. The molecular formula is C3H11N3O5P2. The molecule has 78 valence electrons. The predicted octanol–water partition coefficient (Wildman–Crippen LogP) is -0.819. The van der Waals surface area contributed by atoms with Crippen molar-refractivity contribution in [1.29, 1.82) is 5.41 Å². The Morgan fingerprint density at radius 2 is 2.15 bits per heavy atom. The highest BCUT2D eigenvalue weighted by molar-refractivity contribution is 7.37. The van der Waals surface area contributed by atoms with Gasteiger partial charge in [-0.2, -0.15) is 4.62 Å². The molecule has 0 spiro atoms. The third-order valence-electron chi connectivity index (χ3n) is 0.989. The van der Waals surface area contributed by atoms with Gasteiger partial charge in [-0.25, -0.2) is 5.48 Å². The molecule has 0 saturated carbocycles. The van der Waals surface area contributed by atoms with Crippen molar-refractivity contribution in [3.05, 3.63) is 0 Å². The number of nitrogens with one attached hydrogen (secondary N) is 2. The van der Waals surface area contributed by atoms with Crippen molar-refractivity contribution in [1.82, 2.24) is 10.4 Å². The zero-order chi connectivity index (χ0) is 10.4. The molecule has 0 saturated heterocycles. The van der Waals surface area contributed by atoms with Crippen molar-refractivity contribution in [3.8, 4) is 0 Å². The lowest BCUT2D eigenvalue weighted by Gasteiger charge is -2.17. The van der Waals surface area contributed by atoms with E-state index in [0.29, 0.717) is 0 Å². The third-order valence-corrected chi connectivity index (χ3v) is 2.01. The molecule has 0 aliphatic carbocycles. The highest BCUT2D eigenvalue weighted by Crippen LogP contribution is 2.14. The fourth-order valence-corrected chi connectivity index (χ4v) is 1.20. The summed E-state index contributed by atoms with van der Waals surface area (Å²) in [6.07, 6.45) is -0.216. The van der Waals surface area contributed by atoms with Crippen LogP contribution in [0.2, 0.25) is 0 Å². The van der Waals surface area contributed by atoms with E-state index in [4.69, 9.17) is 15.2 Å². The van der Waals surface area contributed by atoms with Gasteiger partial charge in [-0.05, 0) is 0 Å². The van der Waals surface area contributed by atoms with Crippen LogP contribution >= 0.6 is 16.3 Å². The molecule has 0 aromatic heterocycles. The van der Waals surface area contributed by atoms with Crippen LogP contribution in [0.25, 0.3) is 0 Å². The van der Waals surface area contributed by atoms with E-state index >= 15 is 0 Å². The largest absolute Gasteiger partial charge is 0.345 e. The van der Waals surface area contributed by atoms with Crippen LogP contribution in [0, 0.1) is 5.41 Å². The SMILES string of the molecule is CN(C[PH](=O)O)C(=N)NO[PH](=O)O. The van der Waals surface area contributed by atoms with E-state index in [0.717, 1.165) is 4.90 Å². The summed E-state index contributed by atoms with van der Waals surface area (Å²) < 4.78 is 24.4. The summed E-state index contributed by atoms with van der Waals surface area (Å²) in [5.74, 6) is -0.361. The lowest BCUT2D eigenvalue weighted by molar-refractivity contribution is 0.223. The second kappa shape index (κ2) is 6.12. The first kappa shape index (κ1) is 12.6. The molecule has 0 fully saturated rings. The van der Waals surface area contributed by atoms with Crippen molar-refractivity contribution < 1.29 is 23.5 Å². The van der Waals surface area contributed by atoms with E-state index in [2.05, 4.69) is 4.62 Å². The van der Waals surface area contributed by atoms with Gasteiger partial charge in [0.05, 0.1) is 6.29 Å². The van der Waals surface area contributed by atoms with Crippen molar-refractivity contribution in [2.75, 3.05) is 13.3 Å². The molecule has 0 radical (unpaired) electrons. The zero-order valence-corrected chi connectivity index (χ0v) is 8.77. The third kappa shape index (κ3) is 6.74. The molecule has 0 aromatic rings. The number of hydrogen-bond donors (Lipinski definition) is 4. The molecule has 10 heteroatoms. The molecule has 2 unspecified atom stereocenters. The van der Waals surface area contributed by atoms with E-state index < -0.39 is 16.3 Å². The summed E-state index contributed by atoms with van der Waals surface area (Å²) in [5.41, 5.74) is 1.85. The summed E-state index contributed by atoms with van der Waals surface area (Å²) >= 11 is 0. The average Bonchev–Trinajstić information content (AvgIpc) is 1.98. The first-order valence-corrected chi connectivity index (χ1v) is 5.93. The standard InChI is InChI=1S/C3H11N3O5P2/c1-6(2-12(7)8)3(4)5-11-13(9)10/h12-13H,2H2,1H3,(H2,4,5)(H,7,8)(H,9,10). The topological polar surface area (TPSA) is 123 Å². The minimum Gasteiger partial charge on any atom is -0.345 e. The smallest absolute Gasteiger partial charge is 0.337 e. The van der Waals surface area contributed by atoms with Gasteiger partial charge in [-0.1, -0.05) is 0 Å². The number of hydrogen-bond acceptors (Lipinski definition) is 4. The molecule has 8 nitrogen and oxygen atoms in total. The fraction of sp³-hybridized carbons (Fsp3) is 0.667. The first-order chi connectivity index (χ1) is 5.93. The van der Waals surface area contributed by atoms with Crippen LogP contribution < -0.4 is 5.48 Å². The quantitative estimate of drug-likeness (QED) is 0.216. The highest BCUT2D eigenvalue weighted by Gasteiger charge is 2.06. The number of nitrogens with zero attached hydrogens (tertiary/aromatic N) is 1. The van der Waals surface area contributed by atoms with Gasteiger partial charge in [0.15, 0.2) is 0 Å². The van der Waals surface area contributed by atoms with Crippen molar-refractivity contribution in [2.24, 2.45) is 0 Å². The Morgan fingerprint density at radius 1 is 1.62 bits per heavy atom. The van der Waals surface area contributed by atoms with Crippen molar-refractivity contribution in [2.45, 2.75) is 0 Å². The Morgan fingerprint density at radius 3 is 2.54 bits per heavy atom. The normalized spacial score (nSPS) is 14.7. The Kier molecular flexibility index (Phi) is 5.94. The summed E-state index contributed by atoms with van der Waals surface area (Å²) in [6, 6.07) is 0.